The molecule has 1 aliphatic heterocycles. The van der Waals surface area contributed by atoms with Crippen LogP contribution in [0.15, 0.2) is 24.3 Å². The second-order valence-corrected chi connectivity index (χ2v) is 6.28. The number of hydrogen-bond acceptors (Lipinski definition) is 3. The number of nitrogens with one attached hydrogen (secondary N) is 1. The Balaban J connectivity index is 1.76. The predicted octanol–water partition coefficient (Wildman–Crippen LogP) is 2.57. The first kappa shape index (κ1) is 16.4. The van der Waals surface area contributed by atoms with E-state index < -0.39 is 6.10 Å². The van der Waals surface area contributed by atoms with Gasteiger partial charge in [-0.25, -0.2) is 4.39 Å². The molecule has 1 aromatic rings. The predicted molar refractivity (Wildman–Crippen MR) is 83.7 cm³/mol. The van der Waals surface area contributed by atoms with Crippen LogP contribution in [0.3, 0.4) is 0 Å². The molecule has 21 heavy (non-hydrogen) atoms. The van der Waals surface area contributed by atoms with Crippen LogP contribution in [0.2, 0.25) is 0 Å². The average Bonchev–Trinajstić information content (AvgIpc) is 2.48. The van der Waals surface area contributed by atoms with Gasteiger partial charge >= 0.3 is 0 Å². The van der Waals surface area contributed by atoms with Crippen LogP contribution in [0.5, 0.6) is 0 Å². The number of halogens is 1. The molecule has 0 spiro atoms. The van der Waals surface area contributed by atoms with Gasteiger partial charge in [-0.2, -0.15) is 0 Å². The second kappa shape index (κ2) is 7.87. The van der Waals surface area contributed by atoms with Crippen molar-refractivity contribution in [3.05, 3.63) is 35.6 Å². The molecule has 0 saturated carbocycles. The normalized spacial score (nSPS) is 19.1. The first-order valence-electron chi connectivity index (χ1n) is 7.95. The summed E-state index contributed by atoms with van der Waals surface area (Å²) in [5, 5.41) is 13.8. The Morgan fingerprint density at radius 1 is 1.24 bits per heavy atom. The summed E-state index contributed by atoms with van der Waals surface area (Å²) in [4.78, 5) is 2.45. The maximum Gasteiger partial charge on any atom is 0.123 e. The number of hydrogen-bond donors (Lipinski definition) is 2. The summed E-state index contributed by atoms with van der Waals surface area (Å²) < 4.78 is 12.9. The van der Waals surface area contributed by atoms with Crippen LogP contribution < -0.4 is 5.32 Å². The van der Waals surface area contributed by atoms with E-state index in [4.69, 9.17) is 0 Å². The van der Waals surface area contributed by atoms with Gasteiger partial charge in [-0.15, -0.1) is 0 Å². The van der Waals surface area contributed by atoms with Gasteiger partial charge in [-0.1, -0.05) is 26.0 Å². The van der Waals surface area contributed by atoms with Gasteiger partial charge in [0.1, 0.15) is 5.82 Å². The van der Waals surface area contributed by atoms with Crippen LogP contribution in [0.1, 0.15) is 38.4 Å². The first-order chi connectivity index (χ1) is 10.1. The summed E-state index contributed by atoms with van der Waals surface area (Å²) >= 11 is 0. The van der Waals surface area contributed by atoms with Gasteiger partial charge in [0, 0.05) is 19.1 Å². The summed E-state index contributed by atoms with van der Waals surface area (Å²) in [7, 11) is 0. The van der Waals surface area contributed by atoms with Crippen LogP contribution in [0, 0.1) is 11.7 Å². The van der Waals surface area contributed by atoms with Crippen LogP contribution in [0.4, 0.5) is 4.39 Å². The van der Waals surface area contributed by atoms with Gasteiger partial charge in [0.05, 0.1) is 6.10 Å². The maximum atomic E-state index is 12.9. The Bertz CT molecular complexity index is 413. The molecule has 0 unspecified atom stereocenters. The van der Waals surface area contributed by atoms with Crippen LogP contribution in [0.25, 0.3) is 0 Å². The lowest BCUT2D eigenvalue weighted by Crippen LogP contribution is -2.40. The Kier molecular flexibility index (Phi) is 6.15. The van der Waals surface area contributed by atoms with E-state index in [9.17, 15) is 9.50 Å². The number of aliphatic hydroxyl groups is 1. The summed E-state index contributed by atoms with van der Waals surface area (Å²) in [6.07, 6.45) is 1.53. The van der Waals surface area contributed by atoms with Crippen molar-refractivity contribution in [2.75, 3.05) is 26.2 Å². The van der Waals surface area contributed by atoms with Gasteiger partial charge in [-0.05, 0) is 49.5 Å². The molecule has 0 radical (unpaired) electrons. The van der Waals surface area contributed by atoms with E-state index in [-0.39, 0.29) is 11.7 Å². The minimum Gasteiger partial charge on any atom is -0.388 e. The SMILES string of the molecule is CC(C)NCCN1CCC([C@@H](O)c2ccc(F)cc2)CC1. The lowest BCUT2D eigenvalue weighted by molar-refractivity contribution is 0.0590. The maximum absolute atomic E-state index is 12.9. The lowest BCUT2D eigenvalue weighted by Gasteiger charge is -2.34. The fourth-order valence-corrected chi connectivity index (χ4v) is 2.94. The van der Waals surface area contributed by atoms with Gasteiger partial charge in [0.2, 0.25) is 0 Å². The molecule has 1 aliphatic rings. The highest BCUT2D eigenvalue weighted by Crippen LogP contribution is 2.30. The molecule has 0 bridgehead atoms. The Hall–Kier alpha value is -0.970. The van der Waals surface area contributed by atoms with Gasteiger partial charge in [0.25, 0.3) is 0 Å². The van der Waals surface area contributed by atoms with Crippen molar-refractivity contribution in [2.24, 2.45) is 5.92 Å². The van der Waals surface area contributed by atoms with Crippen LogP contribution in [-0.4, -0.2) is 42.2 Å². The standard InChI is InChI=1S/C17H27FN2O/c1-13(2)19-9-12-20-10-7-15(8-11-20)17(21)14-3-5-16(18)6-4-14/h3-6,13,15,17,19,21H,7-12H2,1-2H3/t17-/m0/s1. The zero-order valence-electron chi connectivity index (χ0n) is 13.1. The number of rotatable bonds is 6. The van der Waals surface area contributed by atoms with Gasteiger partial charge < -0.3 is 15.3 Å². The third-order valence-corrected chi connectivity index (χ3v) is 4.27. The number of likely N-dealkylation sites (tertiary alicyclic amines) is 1. The highest BCUT2D eigenvalue weighted by atomic mass is 19.1. The van der Waals surface area contributed by atoms with E-state index in [1.54, 1.807) is 12.1 Å². The molecule has 0 aromatic heterocycles. The van der Waals surface area contributed by atoms with E-state index in [2.05, 4.69) is 24.1 Å². The minimum atomic E-state index is -0.471. The molecular formula is C17H27FN2O. The molecule has 4 heteroatoms. The number of nitrogens with zero attached hydrogens (tertiary/aromatic N) is 1. The largest absolute Gasteiger partial charge is 0.388 e. The molecule has 2 rings (SSSR count). The summed E-state index contributed by atoms with van der Waals surface area (Å²) in [6, 6.07) is 6.76. The Morgan fingerprint density at radius 3 is 2.43 bits per heavy atom. The Morgan fingerprint density at radius 2 is 1.86 bits per heavy atom. The molecule has 1 fully saturated rings. The zero-order valence-corrected chi connectivity index (χ0v) is 13.1. The van der Waals surface area contributed by atoms with Crippen molar-refractivity contribution in [1.82, 2.24) is 10.2 Å². The molecule has 1 saturated heterocycles. The molecule has 1 aromatic carbocycles. The zero-order chi connectivity index (χ0) is 15.2. The molecule has 0 aliphatic carbocycles. The van der Waals surface area contributed by atoms with Crippen LogP contribution >= 0.6 is 0 Å². The van der Waals surface area contributed by atoms with Gasteiger partial charge in [-0.3, -0.25) is 0 Å². The van der Waals surface area contributed by atoms with E-state index in [1.165, 1.54) is 12.1 Å². The van der Waals surface area contributed by atoms with Crippen molar-refractivity contribution in [3.63, 3.8) is 0 Å². The Labute approximate surface area is 127 Å². The second-order valence-electron chi connectivity index (χ2n) is 6.28. The minimum absolute atomic E-state index is 0.251. The summed E-state index contributed by atoms with van der Waals surface area (Å²) in [5.41, 5.74) is 0.830. The smallest absolute Gasteiger partial charge is 0.123 e. The van der Waals surface area contributed by atoms with Crippen molar-refractivity contribution in [1.29, 1.82) is 0 Å². The third kappa shape index (κ3) is 5.06. The van der Waals surface area contributed by atoms with E-state index in [0.717, 1.165) is 44.6 Å². The fourth-order valence-electron chi connectivity index (χ4n) is 2.94. The van der Waals surface area contributed by atoms with Crippen molar-refractivity contribution < 1.29 is 9.50 Å². The highest BCUT2D eigenvalue weighted by Gasteiger charge is 2.25. The molecule has 3 nitrogen and oxygen atoms in total. The summed E-state index contributed by atoms with van der Waals surface area (Å²) in [5.74, 6) is 0.0307. The molecule has 0 amide bonds. The fraction of sp³-hybridized carbons (Fsp3) is 0.647. The molecule has 1 heterocycles. The van der Waals surface area contributed by atoms with Crippen molar-refractivity contribution in [3.8, 4) is 0 Å². The first-order valence-corrected chi connectivity index (χ1v) is 7.95. The van der Waals surface area contributed by atoms with E-state index in [0.29, 0.717) is 6.04 Å². The molecule has 118 valence electrons. The molecule has 1 atom stereocenters. The number of piperidine rings is 1. The van der Waals surface area contributed by atoms with E-state index in [1.807, 2.05) is 0 Å². The monoisotopic (exact) mass is 294 g/mol. The molecule has 2 N–H and O–H groups in total. The molecular weight excluding hydrogens is 267 g/mol. The highest BCUT2D eigenvalue weighted by molar-refractivity contribution is 5.19. The number of benzene rings is 1. The quantitative estimate of drug-likeness (QED) is 0.846. The third-order valence-electron chi connectivity index (χ3n) is 4.27. The average molecular weight is 294 g/mol. The topological polar surface area (TPSA) is 35.5 Å². The summed E-state index contributed by atoms with van der Waals surface area (Å²) in [6.45, 7) is 8.46. The van der Waals surface area contributed by atoms with Crippen molar-refractivity contribution >= 4 is 0 Å². The van der Waals surface area contributed by atoms with Crippen molar-refractivity contribution in [2.45, 2.75) is 38.8 Å². The van der Waals surface area contributed by atoms with Crippen LogP contribution in [-0.2, 0) is 0 Å². The lowest BCUT2D eigenvalue weighted by atomic mass is 9.87. The number of aliphatic hydroxyl groups excluding tert-OH is 1. The van der Waals surface area contributed by atoms with E-state index >= 15 is 0 Å². The van der Waals surface area contributed by atoms with Gasteiger partial charge in [0.15, 0.2) is 0 Å².